The second kappa shape index (κ2) is 11.4. The number of amides is 1. The monoisotopic (exact) mass is 482 g/mol. The summed E-state index contributed by atoms with van der Waals surface area (Å²) in [7, 11) is 0. The molecular formula is C30H30N2O4. The number of hydrogen-bond acceptors (Lipinski definition) is 3. The van der Waals surface area contributed by atoms with Crippen molar-refractivity contribution in [2.75, 3.05) is 11.9 Å². The van der Waals surface area contributed by atoms with Crippen molar-refractivity contribution in [3.05, 3.63) is 102 Å². The number of carbonyl (C=O) groups excluding carboxylic acids is 1. The van der Waals surface area contributed by atoms with Crippen LogP contribution in [0.1, 0.15) is 36.5 Å². The summed E-state index contributed by atoms with van der Waals surface area (Å²) in [6.45, 7) is 5.08. The lowest BCUT2D eigenvalue weighted by Gasteiger charge is -2.12. The van der Waals surface area contributed by atoms with E-state index < -0.39 is 5.97 Å². The summed E-state index contributed by atoms with van der Waals surface area (Å²) in [6.07, 6.45) is 4.10. The van der Waals surface area contributed by atoms with E-state index in [4.69, 9.17) is 9.84 Å². The smallest absolute Gasteiger partial charge is 0.303 e. The minimum Gasteiger partial charge on any atom is -0.491 e. The van der Waals surface area contributed by atoms with Crippen molar-refractivity contribution in [1.29, 1.82) is 0 Å². The Hall–Kier alpha value is -4.32. The van der Waals surface area contributed by atoms with E-state index in [1.165, 1.54) is 11.1 Å². The Morgan fingerprint density at radius 2 is 1.86 bits per heavy atom. The van der Waals surface area contributed by atoms with Crippen LogP contribution >= 0.6 is 0 Å². The number of aryl methyl sites for hydroxylation is 1. The van der Waals surface area contributed by atoms with Crippen molar-refractivity contribution in [3.63, 3.8) is 0 Å². The highest BCUT2D eigenvalue weighted by molar-refractivity contribution is 6.04. The Kier molecular flexibility index (Phi) is 7.85. The lowest BCUT2D eigenvalue weighted by molar-refractivity contribution is -0.137. The number of benzene rings is 3. The van der Waals surface area contributed by atoms with Crippen LogP contribution in [0.15, 0.2) is 85.1 Å². The van der Waals surface area contributed by atoms with Crippen LogP contribution in [-0.4, -0.2) is 28.2 Å². The maximum Gasteiger partial charge on any atom is 0.303 e. The number of rotatable bonds is 10. The van der Waals surface area contributed by atoms with Crippen molar-refractivity contribution in [2.45, 2.75) is 33.2 Å². The molecule has 1 aromatic heterocycles. The Balaban J connectivity index is 1.44. The average molecular weight is 483 g/mol. The van der Waals surface area contributed by atoms with E-state index in [0.29, 0.717) is 17.9 Å². The van der Waals surface area contributed by atoms with Gasteiger partial charge >= 0.3 is 5.97 Å². The minimum atomic E-state index is -0.859. The summed E-state index contributed by atoms with van der Waals surface area (Å²) in [6, 6.07) is 24.0. The zero-order chi connectivity index (χ0) is 25.5. The normalized spacial score (nSPS) is 11.4. The lowest BCUT2D eigenvalue weighted by Crippen LogP contribution is -2.11. The topological polar surface area (TPSA) is 80.6 Å². The summed E-state index contributed by atoms with van der Waals surface area (Å²) in [4.78, 5) is 23.4. The van der Waals surface area contributed by atoms with Crippen molar-refractivity contribution >= 4 is 34.0 Å². The van der Waals surface area contributed by atoms with Crippen LogP contribution in [0.5, 0.6) is 5.75 Å². The van der Waals surface area contributed by atoms with Crippen molar-refractivity contribution in [3.8, 4) is 5.75 Å². The Labute approximate surface area is 210 Å². The van der Waals surface area contributed by atoms with Crippen molar-refractivity contribution in [1.82, 2.24) is 4.57 Å². The lowest BCUT2D eigenvalue weighted by atomic mass is 10.0. The molecule has 2 N–H and O–H groups in total. The fourth-order valence-corrected chi connectivity index (χ4v) is 4.14. The fourth-order valence-electron chi connectivity index (χ4n) is 4.14. The molecule has 6 nitrogen and oxygen atoms in total. The van der Waals surface area contributed by atoms with Crippen LogP contribution < -0.4 is 10.1 Å². The molecule has 0 aliphatic rings. The third kappa shape index (κ3) is 6.42. The van der Waals surface area contributed by atoms with Crippen LogP contribution in [0.25, 0.3) is 16.5 Å². The molecular weight excluding hydrogens is 452 g/mol. The number of carboxylic acid groups (broad SMARTS) is 1. The molecule has 4 rings (SSSR count). The molecule has 0 saturated heterocycles. The molecule has 0 aliphatic heterocycles. The van der Waals surface area contributed by atoms with Gasteiger partial charge in [-0.05, 0) is 67.3 Å². The van der Waals surface area contributed by atoms with Gasteiger partial charge in [-0.3, -0.25) is 9.59 Å². The summed E-state index contributed by atoms with van der Waals surface area (Å²) < 4.78 is 7.91. The van der Waals surface area contributed by atoms with Gasteiger partial charge < -0.3 is 19.7 Å². The SMILES string of the molecule is CC(=CC(=O)Nc1ccccc1OCCCC(=O)O)c1ccc2c(ccn2Cc2cccc(C)c2)c1. The first-order valence-electron chi connectivity index (χ1n) is 12.0. The molecule has 36 heavy (non-hydrogen) atoms. The third-order valence-corrected chi connectivity index (χ3v) is 5.95. The summed E-state index contributed by atoms with van der Waals surface area (Å²) in [5.41, 5.74) is 6.02. The van der Waals surface area contributed by atoms with E-state index in [1.807, 2.05) is 25.1 Å². The highest BCUT2D eigenvalue weighted by atomic mass is 16.5. The molecule has 0 bridgehead atoms. The molecule has 0 atom stereocenters. The number of nitrogens with one attached hydrogen (secondary N) is 1. The fraction of sp³-hybridized carbons (Fsp3) is 0.200. The number of carbonyl (C=O) groups is 2. The highest BCUT2D eigenvalue weighted by Crippen LogP contribution is 2.26. The molecule has 6 heteroatoms. The first kappa shape index (κ1) is 24.8. The van der Waals surface area contributed by atoms with E-state index in [-0.39, 0.29) is 18.9 Å². The van der Waals surface area contributed by atoms with Gasteiger partial charge in [0, 0.05) is 36.1 Å². The highest BCUT2D eigenvalue weighted by Gasteiger charge is 2.09. The first-order valence-corrected chi connectivity index (χ1v) is 12.0. The van der Waals surface area contributed by atoms with Gasteiger partial charge in [-0.15, -0.1) is 0 Å². The number of fused-ring (bicyclic) bond motifs is 1. The van der Waals surface area contributed by atoms with Crippen LogP contribution in [-0.2, 0) is 16.1 Å². The molecule has 4 aromatic rings. The van der Waals surface area contributed by atoms with E-state index in [1.54, 1.807) is 18.2 Å². The van der Waals surface area contributed by atoms with Gasteiger partial charge in [-0.25, -0.2) is 0 Å². The second-order valence-corrected chi connectivity index (χ2v) is 8.86. The van der Waals surface area contributed by atoms with Gasteiger partial charge in [0.15, 0.2) is 0 Å². The predicted molar refractivity (Wildman–Crippen MR) is 143 cm³/mol. The summed E-state index contributed by atoms with van der Waals surface area (Å²) in [5, 5.41) is 12.8. The van der Waals surface area contributed by atoms with Gasteiger partial charge in [0.05, 0.1) is 12.3 Å². The zero-order valence-electron chi connectivity index (χ0n) is 20.5. The molecule has 0 saturated carbocycles. The van der Waals surface area contributed by atoms with E-state index in [9.17, 15) is 9.59 Å². The van der Waals surface area contributed by atoms with Crippen molar-refractivity contribution < 1.29 is 19.4 Å². The Bertz CT molecular complexity index is 1420. The van der Waals surface area contributed by atoms with Crippen LogP contribution in [0.2, 0.25) is 0 Å². The maximum atomic E-state index is 12.7. The van der Waals surface area contributed by atoms with E-state index >= 15 is 0 Å². The molecule has 0 unspecified atom stereocenters. The number of aromatic nitrogens is 1. The average Bonchev–Trinajstić information content (AvgIpc) is 3.24. The largest absolute Gasteiger partial charge is 0.491 e. The molecule has 184 valence electrons. The Morgan fingerprint density at radius 1 is 1.03 bits per heavy atom. The number of carboxylic acids is 1. The van der Waals surface area contributed by atoms with Crippen LogP contribution in [0, 0.1) is 6.92 Å². The van der Waals surface area contributed by atoms with Gasteiger partial charge in [0.25, 0.3) is 0 Å². The molecule has 1 amide bonds. The van der Waals surface area contributed by atoms with Crippen LogP contribution in [0.4, 0.5) is 5.69 Å². The number of allylic oxidation sites excluding steroid dienone is 1. The predicted octanol–water partition coefficient (Wildman–Crippen LogP) is 6.28. The maximum absolute atomic E-state index is 12.7. The van der Waals surface area contributed by atoms with Gasteiger partial charge in [-0.2, -0.15) is 0 Å². The third-order valence-electron chi connectivity index (χ3n) is 5.95. The van der Waals surface area contributed by atoms with E-state index in [2.05, 4.69) is 65.5 Å². The zero-order valence-corrected chi connectivity index (χ0v) is 20.5. The summed E-state index contributed by atoms with van der Waals surface area (Å²) in [5.74, 6) is -0.605. The molecule has 1 heterocycles. The summed E-state index contributed by atoms with van der Waals surface area (Å²) >= 11 is 0. The van der Waals surface area contributed by atoms with E-state index in [0.717, 1.165) is 28.6 Å². The first-order chi connectivity index (χ1) is 17.4. The van der Waals surface area contributed by atoms with Gasteiger partial charge in [-0.1, -0.05) is 48.0 Å². The number of hydrogen-bond donors (Lipinski definition) is 2. The molecule has 0 spiro atoms. The number of para-hydroxylation sites is 2. The molecule has 0 radical (unpaired) electrons. The second-order valence-electron chi connectivity index (χ2n) is 8.86. The van der Waals surface area contributed by atoms with Crippen molar-refractivity contribution in [2.24, 2.45) is 0 Å². The van der Waals surface area contributed by atoms with Crippen LogP contribution in [0.3, 0.4) is 0 Å². The number of ether oxygens (including phenoxy) is 1. The standard InChI is InChI=1S/C30H30N2O4/c1-21-7-5-8-23(17-21)20-32-15-14-25-19-24(12-13-27(25)32)22(2)18-29(33)31-26-9-3-4-10-28(26)36-16-6-11-30(34)35/h3-5,7-10,12-15,17-19H,6,11,16,20H2,1-2H3,(H,31,33)(H,34,35). The quantitative estimate of drug-likeness (QED) is 0.206. The minimum absolute atomic E-state index is 0.0378. The van der Waals surface area contributed by atoms with Gasteiger partial charge in [0.1, 0.15) is 5.75 Å². The number of nitrogens with zero attached hydrogens (tertiary/aromatic N) is 1. The number of aliphatic carboxylic acids is 1. The molecule has 0 aliphatic carbocycles. The Morgan fingerprint density at radius 3 is 2.67 bits per heavy atom. The number of anilines is 1. The molecule has 0 fully saturated rings. The molecule has 3 aromatic carbocycles. The van der Waals surface area contributed by atoms with Gasteiger partial charge in [0.2, 0.25) is 5.91 Å².